The zero-order valence-corrected chi connectivity index (χ0v) is 28.5. The largest absolute Gasteiger partial charge is 0.310 e. The van der Waals surface area contributed by atoms with Crippen molar-refractivity contribution in [3.63, 3.8) is 0 Å². The van der Waals surface area contributed by atoms with E-state index >= 15 is 0 Å². The summed E-state index contributed by atoms with van der Waals surface area (Å²) >= 11 is 1.80. The van der Waals surface area contributed by atoms with Crippen LogP contribution in [0.4, 0.5) is 17.1 Å². The van der Waals surface area contributed by atoms with E-state index in [0.29, 0.717) is 0 Å². The van der Waals surface area contributed by atoms with Crippen molar-refractivity contribution in [2.75, 3.05) is 4.90 Å². The van der Waals surface area contributed by atoms with Crippen LogP contribution in [0, 0.1) is 0 Å². The van der Waals surface area contributed by atoms with Gasteiger partial charge < -0.3 is 9.47 Å². The van der Waals surface area contributed by atoms with Gasteiger partial charge in [-0.1, -0.05) is 115 Å². The molecule has 0 spiro atoms. The molecule has 3 nitrogen and oxygen atoms in total. The second kappa shape index (κ2) is 12.1. The normalized spacial score (nSPS) is 11.5. The van der Waals surface area contributed by atoms with Gasteiger partial charge in [-0.2, -0.15) is 0 Å². The topological polar surface area (TPSA) is 21.1 Å². The molecule has 0 fully saturated rings. The molecule has 0 saturated heterocycles. The zero-order chi connectivity index (χ0) is 33.7. The van der Waals surface area contributed by atoms with Crippen molar-refractivity contribution in [2.24, 2.45) is 0 Å². The molecule has 0 N–H and O–H groups in total. The van der Waals surface area contributed by atoms with Crippen molar-refractivity contribution in [1.29, 1.82) is 0 Å². The molecule has 0 aliphatic rings. The highest BCUT2D eigenvalue weighted by Crippen LogP contribution is 2.44. The maximum Gasteiger partial charge on any atom is 0.0561 e. The van der Waals surface area contributed by atoms with Gasteiger partial charge in [-0.25, -0.2) is 0 Å². The van der Waals surface area contributed by atoms with Gasteiger partial charge in [0.1, 0.15) is 0 Å². The van der Waals surface area contributed by atoms with E-state index in [4.69, 9.17) is 0 Å². The molecular weight excluding hydrogens is 639 g/mol. The van der Waals surface area contributed by atoms with Crippen LogP contribution in [0.25, 0.3) is 69.9 Å². The molecule has 0 amide bonds. The van der Waals surface area contributed by atoms with Gasteiger partial charge in [0.25, 0.3) is 0 Å². The molecule has 3 aromatic heterocycles. The standard InChI is InChI=1S/C47H31N3S/c1-3-11-33(12-4-1)38-15-7-9-17-43(38)49(36-22-19-32(20-23-36)34-21-25-41-42-27-28-48-31-47(42)51-46(41)29-34)37-24-26-40-39-16-8-10-18-44(39)50(45(40)30-37)35-13-5-2-6-14-35/h1-31H. The lowest BCUT2D eigenvalue weighted by Gasteiger charge is -2.28. The Hall–Kier alpha value is -6.49. The molecule has 240 valence electrons. The highest BCUT2D eigenvalue weighted by molar-refractivity contribution is 7.25. The second-order valence-corrected chi connectivity index (χ2v) is 13.9. The lowest BCUT2D eigenvalue weighted by Crippen LogP contribution is -2.11. The average molecular weight is 670 g/mol. The number of para-hydroxylation sites is 3. The van der Waals surface area contributed by atoms with E-state index in [1.807, 2.05) is 12.4 Å². The highest BCUT2D eigenvalue weighted by Gasteiger charge is 2.20. The summed E-state index contributed by atoms with van der Waals surface area (Å²) in [5, 5.41) is 5.03. The van der Waals surface area contributed by atoms with Crippen LogP contribution in [-0.2, 0) is 0 Å². The second-order valence-electron chi connectivity index (χ2n) is 12.8. The first kappa shape index (κ1) is 29.4. The minimum absolute atomic E-state index is 1.10. The summed E-state index contributed by atoms with van der Waals surface area (Å²) in [4.78, 5) is 6.75. The molecule has 0 saturated carbocycles. The maximum absolute atomic E-state index is 4.34. The van der Waals surface area contributed by atoms with E-state index in [0.717, 1.165) is 22.7 Å². The zero-order valence-electron chi connectivity index (χ0n) is 27.6. The van der Waals surface area contributed by atoms with Crippen molar-refractivity contribution in [1.82, 2.24) is 9.55 Å². The molecule has 7 aromatic carbocycles. The van der Waals surface area contributed by atoms with Crippen LogP contribution in [0.1, 0.15) is 0 Å². The maximum atomic E-state index is 4.34. The molecule has 0 radical (unpaired) electrons. The quantitative estimate of drug-likeness (QED) is 0.176. The van der Waals surface area contributed by atoms with Crippen LogP contribution in [-0.4, -0.2) is 9.55 Å². The number of pyridine rings is 1. The van der Waals surface area contributed by atoms with Crippen molar-refractivity contribution < 1.29 is 0 Å². The SMILES string of the molecule is c1ccc(-c2ccccc2N(c2ccc(-c3ccc4c(c3)sc3cnccc34)cc2)c2ccc3c4ccccc4n(-c4ccccc4)c3c2)cc1. The number of nitrogens with zero attached hydrogens (tertiary/aromatic N) is 3. The molecule has 10 rings (SSSR count). The van der Waals surface area contributed by atoms with E-state index < -0.39 is 0 Å². The lowest BCUT2D eigenvalue weighted by atomic mass is 10.0. The fraction of sp³-hybridized carbons (Fsp3) is 0. The Morgan fingerprint density at radius 3 is 1.98 bits per heavy atom. The number of rotatable bonds is 6. The lowest BCUT2D eigenvalue weighted by molar-refractivity contribution is 1.18. The minimum atomic E-state index is 1.10. The third-order valence-corrected chi connectivity index (χ3v) is 11.0. The summed E-state index contributed by atoms with van der Waals surface area (Å²) in [5.41, 5.74) is 11.6. The summed E-state index contributed by atoms with van der Waals surface area (Å²) in [7, 11) is 0. The molecule has 10 aromatic rings. The van der Waals surface area contributed by atoms with Gasteiger partial charge >= 0.3 is 0 Å². The average Bonchev–Trinajstić information content (AvgIpc) is 3.74. The van der Waals surface area contributed by atoms with Crippen molar-refractivity contribution in [2.45, 2.75) is 0 Å². The number of thiophene rings is 1. The van der Waals surface area contributed by atoms with E-state index in [-0.39, 0.29) is 0 Å². The minimum Gasteiger partial charge on any atom is -0.310 e. The van der Waals surface area contributed by atoms with Crippen molar-refractivity contribution in [3.05, 3.63) is 188 Å². The fourth-order valence-electron chi connectivity index (χ4n) is 7.53. The molecule has 0 aliphatic heterocycles. The van der Waals surface area contributed by atoms with Gasteiger partial charge in [0.2, 0.25) is 0 Å². The molecule has 51 heavy (non-hydrogen) atoms. The van der Waals surface area contributed by atoms with Crippen molar-refractivity contribution in [3.8, 4) is 27.9 Å². The number of fused-ring (bicyclic) bond motifs is 6. The fourth-order valence-corrected chi connectivity index (χ4v) is 8.64. The predicted molar refractivity (Wildman–Crippen MR) is 217 cm³/mol. The Morgan fingerprint density at radius 2 is 1.12 bits per heavy atom. The van der Waals surface area contributed by atoms with Crippen LogP contribution in [0.5, 0.6) is 0 Å². The first-order chi connectivity index (χ1) is 25.3. The Bertz CT molecular complexity index is 2850. The van der Waals surface area contributed by atoms with E-state index in [1.54, 1.807) is 11.3 Å². The first-order valence-corrected chi connectivity index (χ1v) is 18.0. The van der Waals surface area contributed by atoms with E-state index in [9.17, 15) is 0 Å². The number of hydrogen-bond acceptors (Lipinski definition) is 3. The van der Waals surface area contributed by atoms with Crippen LogP contribution >= 0.6 is 11.3 Å². The van der Waals surface area contributed by atoms with Crippen molar-refractivity contribution >= 4 is 70.4 Å². The highest BCUT2D eigenvalue weighted by atomic mass is 32.1. The van der Waals surface area contributed by atoms with Crippen LogP contribution in [0.3, 0.4) is 0 Å². The molecule has 0 unspecified atom stereocenters. The molecule has 0 bridgehead atoms. The van der Waals surface area contributed by atoms with Gasteiger partial charge in [0, 0.05) is 61.3 Å². The summed E-state index contributed by atoms with van der Waals surface area (Å²) in [6.07, 6.45) is 3.84. The van der Waals surface area contributed by atoms with Gasteiger partial charge in [-0.3, -0.25) is 4.98 Å². The Labute approximate surface area is 299 Å². The van der Waals surface area contributed by atoms with E-state index in [2.05, 4.69) is 190 Å². The predicted octanol–water partition coefficient (Wildman–Crippen LogP) is 13.4. The van der Waals surface area contributed by atoms with Gasteiger partial charge in [0.15, 0.2) is 0 Å². The number of aromatic nitrogens is 2. The smallest absolute Gasteiger partial charge is 0.0561 e. The van der Waals surface area contributed by atoms with Crippen LogP contribution < -0.4 is 4.90 Å². The van der Waals surface area contributed by atoms with Gasteiger partial charge in [-0.15, -0.1) is 11.3 Å². The summed E-state index contributed by atoms with van der Waals surface area (Å²) < 4.78 is 4.88. The third kappa shape index (κ3) is 5.00. The molecular formula is C47H31N3S. The number of anilines is 3. The van der Waals surface area contributed by atoms with Gasteiger partial charge in [-0.05, 0) is 77.4 Å². The summed E-state index contributed by atoms with van der Waals surface area (Å²) in [6.45, 7) is 0. The third-order valence-electron chi connectivity index (χ3n) is 9.89. The molecule has 4 heteroatoms. The summed E-state index contributed by atoms with van der Waals surface area (Å²) in [5.74, 6) is 0. The van der Waals surface area contributed by atoms with Gasteiger partial charge in [0.05, 0.1) is 21.4 Å². The first-order valence-electron chi connectivity index (χ1n) is 17.2. The molecule has 3 heterocycles. The molecule has 0 aliphatic carbocycles. The Kier molecular flexibility index (Phi) is 7.00. The van der Waals surface area contributed by atoms with Crippen LogP contribution in [0.15, 0.2) is 188 Å². The number of hydrogen-bond donors (Lipinski definition) is 0. The summed E-state index contributed by atoms with van der Waals surface area (Å²) in [6, 6.07) is 63.6. The Morgan fingerprint density at radius 1 is 0.451 bits per heavy atom. The number of benzene rings is 7. The van der Waals surface area contributed by atoms with Crippen LogP contribution in [0.2, 0.25) is 0 Å². The molecule has 0 atom stereocenters. The van der Waals surface area contributed by atoms with E-state index in [1.165, 1.54) is 64.2 Å². The monoisotopic (exact) mass is 669 g/mol. The Balaban J connectivity index is 1.15.